The first-order valence-electron chi connectivity index (χ1n) is 10.4. The van der Waals surface area contributed by atoms with Crippen LogP contribution in [0.15, 0.2) is 54.6 Å². The Kier molecular flexibility index (Phi) is 7.02. The monoisotopic (exact) mass is 546 g/mol. The van der Waals surface area contributed by atoms with Crippen molar-refractivity contribution in [2.24, 2.45) is 0 Å². The van der Waals surface area contributed by atoms with Gasteiger partial charge in [0.05, 0.1) is 0 Å². The maximum Gasteiger partial charge on any atom is 0.416 e. The molecule has 1 aliphatic rings. The van der Waals surface area contributed by atoms with Gasteiger partial charge < -0.3 is 9.72 Å². The van der Waals surface area contributed by atoms with Crippen LogP contribution in [-0.4, -0.2) is 26.9 Å². The van der Waals surface area contributed by atoms with Crippen molar-refractivity contribution in [2.45, 2.75) is 25.8 Å². The average molecular weight is 547 g/mol. The number of halogens is 2. The van der Waals surface area contributed by atoms with Gasteiger partial charge in [0.1, 0.15) is 11.8 Å². The number of aromatic amines is 1. The Morgan fingerprint density at radius 3 is 2.61 bits per heavy atom. The third-order valence-electron chi connectivity index (χ3n) is 5.46. The van der Waals surface area contributed by atoms with Crippen LogP contribution in [0.2, 0.25) is 5.02 Å². The summed E-state index contributed by atoms with van der Waals surface area (Å²) in [6.07, 6.45) is 5.86. The Labute approximate surface area is 200 Å². The third kappa shape index (κ3) is 4.67. The fraction of sp³-hybridized carbons (Fsp3) is 0.240. The topological polar surface area (TPSA) is 45.3 Å². The van der Waals surface area contributed by atoms with Crippen LogP contribution in [0.4, 0.5) is 4.79 Å². The van der Waals surface area contributed by atoms with Crippen molar-refractivity contribution in [3.05, 3.63) is 87.0 Å². The summed E-state index contributed by atoms with van der Waals surface area (Å²) in [6.45, 7) is 2.74. The second-order valence-corrected chi connectivity index (χ2v) is 8.71. The van der Waals surface area contributed by atoms with Crippen LogP contribution < -0.4 is 15.3 Å². The summed E-state index contributed by atoms with van der Waals surface area (Å²) >= 11 is 8.32. The maximum atomic E-state index is 13.2. The summed E-state index contributed by atoms with van der Waals surface area (Å²) in [6, 6.07) is 16.8. The number of rotatable bonds is 4. The van der Waals surface area contributed by atoms with E-state index in [4.69, 9.17) is 16.3 Å². The van der Waals surface area contributed by atoms with Crippen LogP contribution in [0.5, 0.6) is 5.75 Å². The first kappa shape index (κ1) is 22.0. The van der Waals surface area contributed by atoms with Crippen molar-refractivity contribution < 1.29 is 9.53 Å². The van der Waals surface area contributed by atoms with Crippen molar-refractivity contribution in [3.8, 4) is 5.75 Å². The second-order valence-electron chi connectivity index (χ2n) is 7.39. The van der Waals surface area contributed by atoms with Gasteiger partial charge in [0.2, 0.25) is 0 Å². The molecule has 0 bridgehead atoms. The summed E-state index contributed by atoms with van der Waals surface area (Å²) in [5, 5.41) is 3.01. The number of benzene rings is 2. The molecule has 0 spiro atoms. The van der Waals surface area contributed by atoms with E-state index in [-0.39, 0.29) is 12.1 Å². The molecule has 0 saturated carbocycles. The SMILES string of the molecule is CC/C=c1/c2c([nH]/c1=C/CI)C(c1ccccc1)N(C(=O)Oc1ccc(Cl)cc1)CC2. The molecule has 4 nitrogen and oxygen atoms in total. The second kappa shape index (κ2) is 9.92. The number of nitrogens with zero attached hydrogens (tertiary/aromatic N) is 1. The van der Waals surface area contributed by atoms with Gasteiger partial charge in [0.25, 0.3) is 0 Å². The lowest BCUT2D eigenvalue weighted by Gasteiger charge is -2.35. The number of carbonyl (C=O) groups is 1. The molecule has 2 aromatic carbocycles. The molecule has 1 aromatic heterocycles. The van der Waals surface area contributed by atoms with E-state index in [9.17, 15) is 4.79 Å². The zero-order valence-electron chi connectivity index (χ0n) is 17.3. The molecule has 1 atom stereocenters. The number of hydrogen-bond donors (Lipinski definition) is 1. The van der Waals surface area contributed by atoms with Gasteiger partial charge in [0.15, 0.2) is 0 Å². The highest BCUT2D eigenvalue weighted by molar-refractivity contribution is 14.1. The van der Waals surface area contributed by atoms with E-state index >= 15 is 0 Å². The standard InChI is InChI=1S/C25H24ClIN2O2/c1-2-6-20-21-14-16-29(25(30)31-19-11-9-18(26)10-12-19)24(17-7-4-3-5-8-17)23(21)28-22(20)13-15-27/h3-13,24,28H,2,14-16H2,1H3/b20-6-,22-13+. The number of H-pyrrole nitrogens is 1. The van der Waals surface area contributed by atoms with Crippen LogP contribution >= 0.6 is 34.2 Å². The van der Waals surface area contributed by atoms with Gasteiger partial charge >= 0.3 is 6.09 Å². The van der Waals surface area contributed by atoms with Crippen LogP contribution in [0.25, 0.3) is 12.2 Å². The molecular weight excluding hydrogens is 523 g/mol. The number of nitrogens with one attached hydrogen (secondary N) is 1. The van der Waals surface area contributed by atoms with Gasteiger partial charge in [-0.3, -0.25) is 4.90 Å². The van der Waals surface area contributed by atoms with Crippen molar-refractivity contribution >= 4 is 52.4 Å². The van der Waals surface area contributed by atoms with Gasteiger partial charge in [0, 0.05) is 27.0 Å². The third-order valence-corrected chi connectivity index (χ3v) is 6.15. The zero-order chi connectivity index (χ0) is 21.8. The number of fused-ring (bicyclic) bond motifs is 1. The van der Waals surface area contributed by atoms with E-state index < -0.39 is 0 Å². The molecular formula is C25H24ClIN2O2. The summed E-state index contributed by atoms with van der Waals surface area (Å²) in [5.41, 5.74) is 3.42. The normalized spacial score (nSPS) is 17.0. The highest BCUT2D eigenvalue weighted by Crippen LogP contribution is 2.33. The molecule has 160 valence electrons. The lowest BCUT2D eigenvalue weighted by atomic mass is 9.93. The van der Waals surface area contributed by atoms with Gasteiger partial charge in [-0.15, -0.1) is 0 Å². The molecule has 0 aliphatic carbocycles. The van der Waals surface area contributed by atoms with E-state index in [0.717, 1.165) is 33.9 Å². The van der Waals surface area contributed by atoms with Gasteiger partial charge in [-0.2, -0.15) is 0 Å². The highest BCUT2D eigenvalue weighted by atomic mass is 127. The Morgan fingerprint density at radius 2 is 1.94 bits per heavy atom. The molecule has 1 N–H and O–H groups in total. The van der Waals surface area contributed by atoms with E-state index in [0.29, 0.717) is 17.3 Å². The van der Waals surface area contributed by atoms with Crippen molar-refractivity contribution in [2.75, 3.05) is 11.0 Å². The van der Waals surface area contributed by atoms with Gasteiger partial charge in [-0.25, -0.2) is 4.79 Å². The fourth-order valence-electron chi connectivity index (χ4n) is 4.13. The molecule has 1 unspecified atom stereocenters. The average Bonchev–Trinajstić information content (AvgIpc) is 3.13. The van der Waals surface area contributed by atoms with Crippen molar-refractivity contribution in [1.29, 1.82) is 0 Å². The van der Waals surface area contributed by atoms with Gasteiger partial charge in [-0.05, 0) is 53.5 Å². The van der Waals surface area contributed by atoms with E-state index in [2.05, 4.69) is 58.8 Å². The highest BCUT2D eigenvalue weighted by Gasteiger charge is 2.35. The maximum absolute atomic E-state index is 13.2. The Morgan fingerprint density at radius 1 is 1.19 bits per heavy atom. The van der Waals surface area contributed by atoms with Crippen molar-refractivity contribution in [1.82, 2.24) is 9.88 Å². The molecule has 2 heterocycles. The number of carbonyl (C=O) groups excluding carboxylic acids is 1. The summed E-state index contributed by atoms with van der Waals surface area (Å²) in [4.78, 5) is 18.7. The Balaban J connectivity index is 1.78. The Hall–Kier alpha value is -2.25. The number of hydrogen-bond acceptors (Lipinski definition) is 2. The predicted octanol–water partition coefficient (Wildman–Crippen LogP) is 5.22. The molecule has 31 heavy (non-hydrogen) atoms. The number of aromatic nitrogens is 1. The lowest BCUT2D eigenvalue weighted by Crippen LogP contribution is -2.43. The number of alkyl halides is 1. The van der Waals surface area contributed by atoms with E-state index in [1.165, 1.54) is 10.8 Å². The Bertz CT molecular complexity index is 1170. The van der Waals surface area contributed by atoms with Crippen molar-refractivity contribution in [3.63, 3.8) is 0 Å². The fourth-order valence-corrected chi connectivity index (χ4v) is 4.70. The molecule has 4 rings (SSSR count). The van der Waals surface area contributed by atoms with E-state index in [1.54, 1.807) is 24.3 Å². The summed E-state index contributed by atoms with van der Waals surface area (Å²) < 4.78 is 6.62. The quantitative estimate of drug-likeness (QED) is 0.360. The lowest BCUT2D eigenvalue weighted by molar-refractivity contribution is 0.135. The van der Waals surface area contributed by atoms with Crippen LogP contribution in [0, 0.1) is 0 Å². The molecule has 1 aliphatic heterocycles. The molecule has 0 saturated heterocycles. The van der Waals surface area contributed by atoms with Gasteiger partial charge in [-0.1, -0.05) is 83.6 Å². The number of ether oxygens (including phenoxy) is 1. The molecule has 6 heteroatoms. The van der Waals surface area contributed by atoms with Crippen LogP contribution in [0.1, 0.15) is 36.2 Å². The zero-order valence-corrected chi connectivity index (χ0v) is 20.2. The first-order valence-corrected chi connectivity index (χ1v) is 12.3. The first-order chi connectivity index (χ1) is 15.1. The smallest absolute Gasteiger partial charge is 0.410 e. The molecule has 1 amide bonds. The van der Waals surface area contributed by atoms with Crippen LogP contribution in [-0.2, 0) is 6.42 Å². The summed E-state index contributed by atoms with van der Waals surface area (Å²) in [7, 11) is 0. The van der Waals surface area contributed by atoms with E-state index in [1.807, 2.05) is 23.1 Å². The minimum Gasteiger partial charge on any atom is -0.410 e. The van der Waals surface area contributed by atoms with Crippen LogP contribution in [0.3, 0.4) is 0 Å². The molecule has 0 radical (unpaired) electrons. The minimum absolute atomic E-state index is 0.231. The number of amides is 1. The minimum atomic E-state index is -0.364. The molecule has 0 fully saturated rings. The predicted molar refractivity (Wildman–Crippen MR) is 134 cm³/mol. The largest absolute Gasteiger partial charge is 0.416 e. The molecule has 3 aromatic rings. The summed E-state index contributed by atoms with van der Waals surface area (Å²) in [5.74, 6) is 0.484.